The molecule has 1 unspecified atom stereocenters. The Labute approximate surface area is 72.7 Å². The summed E-state index contributed by atoms with van der Waals surface area (Å²) in [7, 11) is 1.38. The Bertz CT molecular complexity index is 167. The van der Waals surface area contributed by atoms with Crippen LogP contribution in [0.5, 0.6) is 0 Å². The van der Waals surface area contributed by atoms with Gasteiger partial charge in [0.15, 0.2) is 0 Å². The van der Waals surface area contributed by atoms with E-state index in [2.05, 4.69) is 4.74 Å². The quantitative estimate of drug-likeness (QED) is 0.631. The second-order valence-electron chi connectivity index (χ2n) is 3.59. The van der Waals surface area contributed by atoms with Gasteiger partial charge in [0.25, 0.3) is 0 Å². The standard InChI is InChI=1S/C9H16O3/c1-6-3-4-7(9(6)11)5-8(10)12-2/h6-7,9,11H,3-5H2,1-2H3/t6?,7-,9-/m0/s1. The first-order valence-corrected chi connectivity index (χ1v) is 4.40. The first-order valence-electron chi connectivity index (χ1n) is 4.40. The van der Waals surface area contributed by atoms with Gasteiger partial charge in [-0.3, -0.25) is 4.79 Å². The van der Waals surface area contributed by atoms with E-state index in [1.54, 1.807) is 0 Å². The summed E-state index contributed by atoms with van der Waals surface area (Å²) >= 11 is 0. The van der Waals surface area contributed by atoms with E-state index >= 15 is 0 Å². The van der Waals surface area contributed by atoms with Crippen molar-refractivity contribution < 1.29 is 14.6 Å². The summed E-state index contributed by atoms with van der Waals surface area (Å²) in [5.41, 5.74) is 0. The molecule has 0 heterocycles. The lowest BCUT2D eigenvalue weighted by Gasteiger charge is -2.15. The first-order chi connectivity index (χ1) is 5.65. The molecule has 3 heteroatoms. The maximum Gasteiger partial charge on any atom is 0.305 e. The minimum Gasteiger partial charge on any atom is -0.469 e. The average molecular weight is 172 g/mol. The number of aliphatic hydroxyl groups is 1. The second-order valence-corrected chi connectivity index (χ2v) is 3.59. The topological polar surface area (TPSA) is 46.5 Å². The van der Waals surface area contributed by atoms with E-state index in [9.17, 15) is 9.90 Å². The highest BCUT2D eigenvalue weighted by molar-refractivity contribution is 5.69. The summed E-state index contributed by atoms with van der Waals surface area (Å²) in [6.45, 7) is 2.02. The van der Waals surface area contributed by atoms with Crippen molar-refractivity contribution >= 4 is 5.97 Å². The number of ether oxygens (including phenoxy) is 1. The molecule has 0 aromatic carbocycles. The molecule has 1 aliphatic rings. The Hall–Kier alpha value is -0.570. The van der Waals surface area contributed by atoms with E-state index in [4.69, 9.17) is 0 Å². The molecule has 0 aromatic heterocycles. The lowest BCUT2D eigenvalue weighted by Crippen LogP contribution is -2.21. The van der Waals surface area contributed by atoms with Crippen molar-refractivity contribution in [3.8, 4) is 0 Å². The molecule has 0 amide bonds. The van der Waals surface area contributed by atoms with Crippen LogP contribution in [0, 0.1) is 11.8 Å². The molecule has 3 nitrogen and oxygen atoms in total. The van der Waals surface area contributed by atoms with Crippen LogP contribution in [0.25, 0.3) is 0 Å². The number of carbonyl (C=O) groups excluding carboxylic acids is 1. The third-order valence-corrected chi connectivity index (χ3v) is 2.72. The smallest absolute Gasteiger partial charge is 0.305 e. The highest BCUT2D eigenvalue weighted by Crippen LogP contribution is 2.33. The van der Waals surface area contributed by atoms with Crippen LogP contribution in [-0.2, 0) is 9.53 Å². The zero-order valence-electron chi connectivity index (χ0n) is 7.62. The fourth-order valence-electron chi connectivity index (χ4n) is 1.80. The van der Waals surface area contributed by atoms with Crippen LogP contribution in [0.3, 0.4) is 0 Å². The zero-order chi connectivity index (χ0) is 9.14. The number of methoxy groups -OCH3 is 1. The first kappa shape index (κ1) is 9.52. The predicted molar refractivity (Wildman–Crippen MR) is 44.5 cm³/mol. The van der Waals surface area contributed by atoms with Gasteiger partial charge in [-0.05, 0) is 24.7 Å². The van der Waals surface area contributed by atoms with Crippen LogP contribution >= 0.6 is 0 Å². The molecule has 0 aliphatic heterocycles. The summed E-state index contributed by atoms with van der Waals surface area (Å²) in [6.07, 6.45) is 2.01. The Kier molecular flexibility index (Phi) is 3.09. The maximum atomic E-state index is 10.9. The monoisotopic (exact) mass is 172 g/mol. The van der Waals surface area contributed by atoms with E-state index in [0.29, 0.717) is 12.3 Å². The van der Waals surface area contributed by atoms with Gasteiger partial charge < -0.3 is 9.84 Å². The van der Waals surface area contributed by atoms with E-state index in [-0.39, 0.29) is 18.0 Å². The summed E-state index contributed by atoms with van der Waals surface area (Å²) < 4.78 is 4.55. The molecular formula is C9H16O3. The van der Waals surface area contributed by atoms with Gasteiger partial charge in [-0.25, -0.2) is 0 Å². The van der Waals surface area contributed by atoms with Crippen molar-refractivity contribution in [2.24, 2.45) is 11.8 Å². The summed E-state index contributed by atoms with van der Waals surface area (Å²) in [4.78, 5) is 10.9. The van der Waals surface area contributed by atoms with Crippen molar-refractivity contribution in [3.63, 3.8) is 0 Å². The molecule has 1 rings (SSSR count). The summed E-state index contributed by atoms with van der Waals surface area (Å²) in [5, 5.41) is 9.59. The fourth-order valence-corrected chi connectivity index (χ4v) is 1.80. The van der Waals surface area contributed by atoms with Crippen molar-refractivity contribution in [1.29, 1.82) is 0 Å². The SMILES string of the molecule is COC(=O)C[C@@H]1CCC(C)[C@@H]1O. The van der Waals surface area contributed by atoms with E-state index in [1.165, 1.54) is 7.11 Å². The van der Waals surface area contributed by atoms with Gasteiger partial charge in [-0.1, -0.05) is 6.92 Å². The molecule has 1 saturated carbocycles. The van der Waals surface area contributed by atoms with Crippen molar-refractivity contribution in [2.45, 2.75) is 32.3 Å². The number of hydrogen-bond donors (Lipinski definition) is 1. The third-order valence-electron chi connectivity index (χ3n) is 2.72. The largest absolute Gasteiger partial charge is 0.469 e. The van der Waals surface area contributed by atoms with E-state index in [1.807, 2.05) is 6.92 Å². The Morgan fingerprint density at radius 3 is 2.67 bits per heavy atom. The van der Waals surface area contributed by atoms with Crippen LogP contribution in [0.1, 0.15) is 26.2 Å². The lowest BCUT2D eigenvalue weighted by atomic mass is 9.99. The van der Waals surface area contributed by atoms with E-state index < -0.39 is 0 Å². The molecule has 0 saturated heterocycles. The molecule has 1 aliphatic carbocycles. The molecule has 12 heavy (non-hydrogen) atoms. The summed E-state index contributed by atoms with van der Waals surface area (Å²) in [5.74, 6) is 0.236. The van der Waals surface area contributed by atoms with Gasteiger partial charge in [-0.2, -0.15) is 0 Å². The van der Waals surface area contributed by atoms with Gasteiger partial charge in [0.05, 0.1) is 19.6 Å². The molecular weight excluding hydrogens is 156 g/mol. The summed E-state index contributed by atoms with van der Waals surface area (Å²) in [6, 6.07) is 0. The van der Waals surface area contributed by atoms with Crippen LogP contribution in [-0.4, -0.2) is 24.3 Å². The molecule has 0 aromatic rings. The highest BCUT2D eigenvalue weighted by atomic mass is 16.5. The van der Waals surface area contributed by atoms with Gasteiger partial charge in [0.1, 0.15) is 0 Å². The molecule has 0 bridgehead atoms. The number of carbonyl (C=O) groups is 1. The number of esters is 1. The normalized spacial score (nSPS) is 35.1. The molecule has 1 N–H and O–H groups in total. The zero-order valence-corrected chi connectivity index (χ0v) is 7.62. The maximum absolute atomic E-state index is 10.9. The predicted octanol–water partition coefficient (Wildman–Crippen LogP) is 0.956. The molecule has 0 radical (unpaired) electrons. The molecule has 70 valence electrons. The molecule has 1 fully saturated rings. The average Bonchev–Trinajstić information content (AvgIpc) is 2.36. The Morgan fingerprint density at radius 2 is 2.25 bits per heavy atom. The third kappa shape index (κ3) is 1.97. The van der Waals surface area contributed by atoms with Gasteiger partial charge in [0.2, 0.25) is 0 Å². The number of aliphatic hydroxyl groups excluding tert-OH is 1. The van der Waals surface area contributed by atoms with Crippen LogP contribution in [0.15, 0.2) is 0 Å². The van der Waals surface area contributed by atoms with Crippen molar-refractivity contribution in [3.05, 3.63) is 0 Å². The van der Waals surface area contributed by atoms with Crippen LogP contribution in [0.4, 0.5) is 0 Å². The van der Waals surface area contributed by atoms with Gasteiger partial charge in [-0.15, -0.1) is 0 Å². The molecule has 3 atom stereocenters. The van der Waals surface area contributed by atoms with Gasteiger partial charge >= 0.3 is 5.97 Å². The van der Waals surface area contributed by atoms with E-state index in [0.717, 1.165) is 12.8 Å². The molecule has 0 spiro atoms. The van der Waals surface area contributed by atoms with Crippen LogP contribution in [0.2, 0.25) is 0 Å². The Balaban J connectivity index is 2.38. The second kappa shape index (κ2) is 3.90. The fraction of sp³-hybridized carbons (Fsp3) is 0.889. The van der Waals surface area contributed by atoms with Crippen LogP contribution < -0.4 is 0 Å². The number of rotatable bonds is 2. The van der Waals surface area contributed by atoms with Crippen molar-refractivity contribution in [1.82, 2.24) is 0 Å². The van der Waals surface area contributed by atoms with Crippen molar-refractivity contribution in [2.75, 3.05) is 7.11 Å². The lowest BCUT2D eigenvalue weighted by molar-refractivity contribution is -0.142. The Morgan fingerprint density at radius 1 is 1.58 bits per heavy atom. The number of hydrogen-bond acceptors (Lipinski definition) is 3. The minimum atomic E-state index is -0.316. The van der Waals surface area contributed by atoms with Gasteiger partial charge in [0, 0.05) is 0 Å². The minimum absolute atomic E-state index is 0.118. The highest BCUT2D eigenvalue weighted by Gasteiger charge is 2.33.